The number of rotatable bonds is 7. The van der Waals surface area contributed by atoms with Gasteiger partial charge in [-0.15, -0.1) is 0 Å². The van der Waals surface area contributed by atoms with Crippen molar-refractivity contribution in [1.29, 1.82) is 0 Å². The van der Waals surface area contributed by atoms with E-state index in [1.165, 1.54) is 27.7 Å². The standard InChI is InChI=1S/C34H43N3O2S/c1-20-17-21(2)31(22(3)18-20)36-32(39)34(13-15-40-16-14-34)37(24-11-12-24)28(38)19-26-30(33(26,5)6)29-23(4)35-27-10-8-7-9-25(27)29/h7-10,17-18,24,26,30,35H,11-16,19H2,1-6H3,(H,36,39)/t26-,30+/m0/s1. The number of amides is 2. The summed E-state index contributed by atoms with van der Waals surface area (Å²) in [6.07, 6.45) is 3.92. The van der Waals surface area contributed by atoms with E-state index >= 15 is 0 Å². The first-order valence-electron chi connectivity index (χ1n) is 14.9. The van der Waals surface area contributed by atoms with Crippen molar-refractivity contribution in [3.8, 4) is 0 Å². The van der Waals surface area contributed by atoms with Crippen LogP contribution in [-0.4, -0.2) is 44.8 Å². The number of carbonyl (C=O) groups excluding carboxylic acids is 2. The normalized spacial score (nSPS) is 23.1. The van der Waals surface area contributed by atoms with Gasteiger partial charge >= 0.3 is 0 Å². The zero-order chi connectivity index (χ0) is 28.4. The molecule has 2 aromatic carbocycles. The summed E-state index contributed by atoms with van der Waals surface area (Å²) in [7, 11) is 0. The van der Waals surface area contributed by atoms with Crippen LogP contribution in [0.1, 0.15) is 79.8 Å². The van der Waals surface area contributed by atoms with Gasteiger partial charge < -0.3 is 15.2 Å². The Hall–Kier alpha value is -2.73. The molecule has 212 valence electrons. The van der Waals surface area contributed by atoms with Gasteiger partial charge in [0, 0.05) is 34.7 Å². The Morgan fingerprint density at radius 2 is 1.68 bits per heavy atom. The maximum Gasteiger partial charge on any atom is 0.250 e. The summed E-state index contributed by atoms with van der Waals surface area (Å²) in [6, 6.07) is 12.9. The molecule has 40 heavy (non-hydrogen) atoms. The number of aryl methyl sites for hydroxylation is 4. The lowest BCUT2D eigenvalue weighted by Gasteiger charge is -2.45. The maximum absolute atomic E-state index is 14.4. The average Bonchev–Trinajstić information content (AvgIpc) is 3.79. The van der Waals surface area contributed by atoms with Gasteiger partial charge in [-0.2, -0.15) is 11.8 Å². The highest BCUT2D eigenvalue weighted by Crippen LogP contribution is 2.67. The first-order chi connectivity index (χ1) is 19.0. The Balaban J connectivity index is 1.29. The highest BCUT2D eigenvalue weighted by atomic mass is 32.2. The summed E-state index contributed by atoms with van der Waals surface area (Å²) in [6.45, 7) is 13.0. The van der Waals surface area contributed by atoms with Crippen LogP contribution in [0.2, 0.25) is 0 Å². The average molecular weight is 558 g/mol. The van der Waals surface area contributed by atoms with Crippen molar-refractivity contribution in [2.45, 2.75) is 91.1 Å². The molecule has 3 aliphatic rings. The lowest BCUT2D eigenvalue weighted by Crippen LogP contribution is -2.61. The van der Waals surface area contributed by atoms with Gasteiger partial charge in [-0.1, -0.05) is 49.7 Å². The molecule has 6 rings (SSSR count). The van der Waals surface area contributed by atoms with Gasteiger partial charge in [0.25, 0.3) is 0 Å². The number of nitrogens with zero attached hydrogens (tertiary/aromatic N) is 1. The number of nitrogens with one attached hydrogen (secondary N) is 2. The number of H-pyrrole nitrogens is 1. The number of aromatic amines is 1. The highest BCUT2D eigenvalue weighted by Gasteiger charge is 2.61. The number of carbonyl (C=O) groups is 2. The summed E-state index contributed by atoms with van der Waals surface area (Å²) >= 11 is 1.90. The molecule has 2 atom stereocenters. The van der Waals surface area contributed by atoms with Crippen molar-refractivity contribution >= 4 is 40.2 Å². The van der Waals surface area contributed by atoms with E-state index in [0.29, 0.717) is 12.3 Å². The van der Waals surface area contributed by atoms with Crippen molar-refractivity contribution in [3.63, 3.8) is 0 Å². The number of para-hydroxylation sites is 1. The molecule has 2 saturated carbocycles. The van der Waals surface area contributed by atoms with E-state index in [1.807, 2.05) is 11.8 Å². The molecule has 5 nitrogen and oxygen atoms in total. The molecule has 2 N–H and O–H groups in total. The van der Waals surface area contributed by atoms with Gasteiger partial charge in [0.15, 0.2) is 0 Å². The van der Waals surface area contributed by atoms with Crippen LogP contribution >= 0.6 is 11.8 Å². The molecule has 1 aromatic heterocycles. The molecule has 3 aromatic rings. The van der Waals surface area contributed by atoms with Crippen LogP contribution in [0.15, 0.2) is 36.4 Å². The van der Waals surface area contributed by atoms with Gasteiger partial charge in [0.1, 0.15) is 5.54 Å². The Morgan fingerprint density at radius 1 is 1.02 bits per heavy atom. The fourth-order valence-corrected chi connectivity index (χ4v) is 8.87. The van der Waals surface area contributed by atoms with E-state index in [0.717, 1.165) is 54.0 Å². The third-order valence-electron chi connectivity index (χ3n) is 10.00. The lowest BCUT2D eigenvalue weighted by atomic mass is 9.87. The molecule has 0 bridgehead atoms. The van der Waals surface area contributed by atoms with E-state index in [-0.39, 0.29) is 29.2 Å². The van der Waals surface area contributed by atoms with Crippen molar-refractivity contribution in [1.82, 2.24) is 9.88 Å². The van der Waals surface area contributed by atoms with Crippen LogP contribution in [-0.2, 0) is 9.59 Å². The van der Waals surface area contributed by atoms with E-state index in [1.54, 1.807) is 0 Å². The number of thioether (sulfide) groups is 1. The second-order valence-electron chi connectivity index (χ2n) is 13.2. The van der Waals surface area contributed by atoms with E-state index < -0.39 is 5.54 Å². The third-order valence-corrected chi connectivity index (χ3v) is 11.0. The topological polar surface area (TPSA) is 65.2 Å². The fraction of sp³-hybridized carbons (Fsp3) is 0.529. The van der Waals surface area contributed by atoms with Crippen molar-refractivity contribution in [3.05, 3.63) is 64.3 Å². The molecule has 0 unspecified atom stereocenters. The van der Waals surface area contributed by atoms with Crippen molar-refractivity contribution in [2.24, 2.45) is 11.3 Å². The minimum atomic E-state index is -0.779. The molecule has 2 heterocycles. The van der Waals surface area contributed by atoms with Crippen LogP contribution in [0.4, 0.5) is 5.69 Å². The van der Waals surface area contributed by atoms with Crippen LogP contribution in [0.25, 0.3) is 10.9 Å². The third kappa shape index (κ3) is 4.56. The minimum absolute atomic E-state index is 0.00202. The second kappa shape index (κ2) is 9.97. The van der Waals surface area contributed by atoms with Crippen molar-refractivity contribution in [2.75, 3.05) is 16.8 Å². The molecular weight excluding hydrogens is 514 g/mol. The molecule has 2 aliphatic carbocycles. The predicted molar refractivity (Wildman–Crippen MR) is 166 cm³/mol. The Labute approximate surface area is 242 Å². The van der Waals surface area contributed by atoms with Gasteiger partial charge in [-0.3, -0.25) is 9.59 Å². The van der Waals surface area contributed by atoms with Crippen LogP contribution < -0.4 is 5.32 Å². The zero-order valence-electron chi connectivity index (χ0n) is 24.8. The summed E-state index contributed by atoms with van der Waals surface area (Å²) < 4.78 is 0. The lowest BCUT2D eigenvalue weighted by molar-refractivity contribution is -0.147. The first-order valence-corrected chi connectivity index (χ1v) is 16.1. The quantitative estimate of drug-likeness (QED) is 0.318. The molecule has 1 aliphatic heterocycles. The highest BCUT2D eigenvalue weighted by molar-refractivity contribution is 7.99. The first kappa shape index (κ1) is 27.4. The van der Waals surface area contributed by atoms with E-state index in [9.17, 15) is 9.59 Å². The number of aromatic nitrogens is 1. The number of hydrogen-bond acceptors (Lipinski definition) is 3. The number of hydrogen-bond donors (Lipinski definition) is 2. The molecule has 0 spiro atoms. The molecule has 6 heteroatoms. The van der Waals surface area contributed by atoms with E-state index in [2.05, 4.69) is 93.1 Å². The summed E-state index contributed by atoms with van der Waals surface area (Å²) in [5, 5.41) is 4.61. The van der Waals surface area contributed by atoms with Crippen LogP contribution in [0.3, 0.4) is 0 Å². The Morgan fingerprint density at radius 3 is 2.33 bits per heavy atom. The Kier molecular flexibility index (Phi) is 6.84. The van der Waals surface area contributed by atoms with Crippen LogP contribution in [0.5, 0.6) is 0 Å². The molecular formula is C34H43N3O2S. The number of benzene rings is 2. The number of anilines is 1. The monoisotopic (exact) mass is 557 g/mol. The smallest absolute Gasteiger partial charge is 0.250 e. The number of fused-ring (bicyclic) bond motifs is 1. The fourth-order valence-electron chi connectivity index (χ4n) is 7.70. The molecule has 3 fully saturated rings. The van der Waals surface area contributed by atoms with E-state index in [4.69, 9.17) is 0 Å². The maximum atomic E-state index is 14.4. The molecule has 2 amide bonds. The predicted octanol–water partition coefficient (Wildman–Crippen LogP) is 7.43. The van der Waals surface area contributed by atoms with Crippen molar-refractivity contribution < 1.29 is 9.59 Å². The van der Waals surface area contributed by atoms with Gasteiger partial charge in [0.2, 0.25) is 11.8 Å². The summed E-state index contributed by atoms with van der Waals surface area (Å²) in [5.74, 6) is 2.57. The van der Waals surface area contributed by atoms with Gasteiger partial charge in [-0.05, 0) is 105 Å². The summed E-state index contributed by atoms with van der Waals surface area (Å²) in [5.41, 5.74) is 7.24. The molecule has 0 radical (unpaired) electrons. The minimum Gasteiger partial charge on any atom is -0.358 e. The Bertz CT molecular complexity index is 1450. The molecule has 1 saturated heterocycles. The summed E-state index contributed by atoms with van der Waals surface area (Å²) in [4.78, 5) is 34.4. The van der Waals surface area contributed by atoms with Gasteiger partial charge in [0.05, 0.1) is 0 Å². The zero-order valence-corrected chi connectivity index (χ0v) is 25.6. The largest absolute Gasteiger partial charge is 0.358 e. The SMILES string of the molecule is Cc1cc(C)c(NC(=O)C2(N(C(=O)C[C@H]3[C@H](c4c(C)[nH]c5ccccc45)C3(C)C)C3CC3)CCSCC2)c(C)c1. The van der Waals surface area contributed by atoms with Gasteiger partial charge in [-0.25, -0.2) is 0 Å². The second-order valence-corrected chi connectivity index (χ2v) is 14.4. The van der Waals surface area contributed by atoms with Crippen LogP contribution in [0, 0.1) is 39.0 Å².